The SMILES string of the molecule is CNc1nc(-c2ccccc2Cl)nc(C)c1C(C)C. The van der Waals surface area contributed by atoms with E-state index in [2.05, 4.69) is 29.1 Å². The highest BCUT2D eigenvalue weighted by molar-refractivity contribution is 6.33. The fourth-order valence-electron chi connectivity index (χ4n) is 2.23. The Balaban J connectivity index is 2.62. The van der Waals surface area contributed by atoms with E-state index in [1.807, 2.05) is 38.2 Å². The predicted molar refractivity (Wildman–Crippen MR) is 80.9 cm³/mol. The number of benzene rings is 1. The largest absolute Gasteiger partial charge is 0.373 e. The highest BCUT2D eigenvalue weighted by Gasteiger charge is 2.15. The van der Waals surface area contributed by atoms with Crippen molar-refractivity contribution < 1.29 is 0 Å². The zero-order valence-electron chi connectivity index (χ0n) is 11.7. The summed E-state index contributed by atoms with van der Waals surface area (Å²) in [5.41, 5.74) is 3.00. The van der Waals surface area contributed by atoms with Gasteiger partial charge in [-0.2, -0.15) is 0 Å². The van der Waals surface area contributed by atoms with Crippen molar-refractivity contribution in [3.63, 3.8) is 0 Å². The third-order valence-corrected chi connectivity index (χ3v) is 3.39. The minimum atomic E-state index is 0.378. The maximum atomic E-state index is 6.21. The Kier molecular flexibility index (Phi) is 4.05. The second kappa shape index (κ2) is 5.57. The molecule has 1 aromatic heterocycles. The molecule has 3 nitrogen and oxygen atoms in total. The molecule has 0 saturated carbocycles. The van der Waals surface area contributed by atoms with Gasteiger partial charge in [-0.15, -0.1) is 0 Å². The van der Waals surface area contributed by atoms with E-state index >= 15 is 0 Å². The van der Waals surface area contributed by atoms with Crippen molar-refractivity contribution in [2.75, 3.05) is 12.4 Å². The molecule has 2 aromatic rings. The molecule has 100 valence electrons. The second-order valence-corrected chi connectivity index (χ2v) is 5.19. The summed E-state index contributed by atoms with van der Waals surface area (Å²) in [4.78, 5) is 9.20. The molecule has 0 unspecified atom stereocenters. The van der Waals surface area contributed by atoms with Crippen LogP contribution in [0.1, 0.15) is 31.0 Å². The molecule has 0 atom stereocenters. The molecule has 2 rings (SSSR count). The lowest BCUT2D eigenvalue weighted by Crippen LogP contribution is -2.07. The molecular formula is C15H18ClN3. The van der Waals surface area contributed by atoms with E-state index < -0.39 is 0 Å². The molecule has 0 amide bonds. The molecule has 19 heavy (non-hydrogen) atoms. The van der Waals surface area contributed by atoms with Crippen LogP contribution in [0.4, 0.5) is 5.82 Å². The van der Waals surface area contributed by atoms with Gasteiger partial charge in [0.15, 0.2) is 5.82 Å². The fourth-order valence-corrected chi connectivity index (χ4v) is 2.45. The first-order valence-electron chi connectivity index (χ1n) is 6.35. The summed E-state index contributed by atoms with van der Waals surface area (Å²) in [5, 5.41) is 3.82. The third kappa shape index (κ3) is 2.71. The molecule has 0 radical (unpaired) electrons. The van der Waals surface area contributed by atoms with E-state index in [1.165, 1.54) is 0 Å². The lowest BCUT2D eigenvalue weighted by atomic mass is 10.0. The number of hydrogen-bond acceptors (Lipinski definition) is 3. The predicted octanol–water partition coefficient (Wildman–Crippen LogP) is 4.27. The van der Waals surface area contributed by atoms with Crippen LogP contribution in [0.5, 0.6) is 0 Å². The standard InChI is InChI=1S/C15H18ClN3/c1-9(2)13-10(3)18-14(19-15(13)17-4)11-7-5-6-8-12(11)16/h5-9H,1-4H3,(H,17,18,19). The van der Waals surface area contributed by atoms with Crippen molar-refractivity contribution >= 4 is 17.4 Å². The van der Waals surface area contributed by atoms with Crippen LogP contribution in [0.3, 0.4) is 0 Å². The smallest absolute Gasteiger partial charge is 0.163 e. The van der Waals surface area contributed by atoms with Crippen LogP contribution in [0, 0.1) is 6.92 Å². The topological polar surface area (TPSA) is 37.8 Å². The first-order valence-corrected chi connectivity index (χ1v) is 6.73. The van der Waals surface area contributed by atoms with Gasteiger partial charge >= 0.3 is 0 Å². The van der Waals surface area contributed by atoms with Gasteiger partial charge in [0.2, 0.25) is 0 Å². The molecule has 1 N–H and O–H groups in total. The monoisotopic (exact) mass is 275 g/mol. The molecule has 0 bridgehead atoms. The third-order valence-electron chi connectivity index (χ3n) is 3.07. The van der Waals surface area contributed by atoms with Gasteiger partial charge in [0.05, 0.1) is 5.02 Å². The van der Waals surface area contributed by atoms with Crippen molar-refractivity contribution in [1.82, 2.24) is 9.97 Å². The Morgan fingerprint density at radius 1 is 1.16 bits per heavy atom. The molecule has 1 heterocycles. The molecular weight excluding hydrogens is 258 g/mol. The average molecular weight is 276 g/mol. The lowest BCUT2D eigenvalue weighted by Gasteiger charge is -2.16. The van der Waals surface area contributed by atoms with Gasteiger partial charge in [-0.25, -0.2) is 9.97 Å². The van der Waals surface area contributed by atoms with E-state index in [9.17, 15) is 0 Å². The molecule has 0 aliphatic rings. The Hall–Kier alpha value is -1.61. The summed E-state index contributed by atoms with van der Waals surface area (Å²) >= 11 is 6.21. The van der Waals surface area contributed by atoms with Gasteiger partial charge in [0.25, 0.3) is 0 Å². The van der Waals surface area contributed by atoms with E-state index in [0.717, 1.165) is 22.6 Å². The van der Waals surface area contributed by atoms with Crippen LogP contribution in [0.2, 0.25) is 5.02 Å². The molecule has 0 aliphatic carbocycles. The van der Waals surface area contributed by atoms with Crippen molar-refractivity contribution in [3.8, 4) is 11.4 Å². The Bertz CT molecular complexity index is 594. The molecule has 4 heteroatoms. The van der Waals surface area contributed by atoms with E-state index in [0.29, 0.717) is 16.8 Å². The van der Waals surface area contributed by atoms with Gasteiger partial charge in [0.1, 0.15) is 5.82 Å². The maximum absolute atomic E-state index is 6.21. The summed E-state index contributed by atoms with van der Waals surface area (Å²) in [6.45, 7) is 6.29. The van der Waals surface area contributed by atoms with Crippen molar-refractivity contribution in [2.24, 2.45) is 0 Å². The minimum absolute atomic E-state index is 0.378. The number of rotatable bonds is 3. The fraction of sp³-hybridized carbons (Fsp3) is 0.333. The van der Waals surface area contributed by atoms with Gasteiger partial charge in [-0.1, -0.05) is 37.6 Å². The Labute approximate surface area is 119 Å². The Morgan fingerprint density at radius 2 is 1.84 bits per heavy atom. The Morgan fingerprint density at radius 3 is 2.42 bits per heavy atom. The summed E-state index contributed by atoms with van der Waals surface area (Å²) in [7, 11) is 1.88. The van der Waals surface area contributed by atoms with Gasteiger partial charge in [-0.05, 0) is 25.0 Å². The van der Waals surface area contributed by atoms with Crippen LogP contribution in [-0.2, 0) is 0 Å². The number of aromatic nitrogens is 2. The number of nitrogens with zero attached hydrogens (tertiary/aromatic N) is 2. The average Bonchev–Trinajstić information content (AvgIpc) is 2.37. The highest BCUT2D eigenvalue weighted by Crippen LogP contribution is 2.30. The van der Waals surface area contributed by atoms with Crippen molar-refractivity contribution in [3.05, 3.63) is 40.5 Å². The molecule has 0 aliphatic heterocycles. The van der Waals surface area contributed by atoms with Crippen LogP contribution >= 0.6 is 11.6 Å². The summed E-state index contributed by atoms with van der Waals surface area (Å²) < 4.78 is 0. The van der Waals surface area contributed by atoms with Gasteiger partial charge < -0.3 is 5.32 Å². The van der Waals surface area contributed by atoms with Crippen LogP contribution < -0.4 is 5.32 Å². The quantitative estimate of drug-likeness (QED) is 0.909. The lowest BCUT2D eigenvalue weighted by molar-refractivity contribution is 0.834. The zero-order valence-corrected chi connectivity index (χ0v) is 12.4. The van der Waals surface area contributed by atoms with Crippen molar-refractivity contribution in [2.45, 2.75) is 26.7 Å². The molecule has 0 saturated heterocycles. The van der Waals surface area contributed by atoms with Gasteiger partial charge in [-0.3, -0.25) is 0 Å². The number of hydrogen-bond donors (Lipinski definition) is 1. The number of halogens is 1. The van der Waals surface area contributed by atoms with Gasteiger partial charge in [0, 0.05) is 23.9 Å². The van der Waals surface area contributed by atoms with E-state index in [-0.39, 0.29) is 0 Å². The first-order chi connectivity index (χ1) is 9.04. The van der Waals surface area contributed by atoms with Crippen LogP contribution in [-0.4, -0.2) is 17.0 Å². The number of aryl methyl sites for hydroxylation is 1. The highest BCUT2D eigenvalue weighted by atomic mass is 35.5. The molecule has 1 aromatic carbocycles. The second-order valence-electron chi connectivity index (χ2n) is 4.78. The summed E-state index contributed by atoms with van der Waals surface area (Å²) in [6, 6.07) is 7.63. The summed E-state index contributed by atoms with van der Waals surface area (Å²) in [6.07, 6.45) is 0. The van der Waals surface area contributed by atoms with E-state index in [1.54, 1.807) is 0 Å². The maximum Gasteiger partial charge on any atom is 0.163 e. The number of anilines is 1. The molecule has 0 spiro atoms. The van der Waals surface area contributed by atoms with Crippen LogP contribution in [0.15, 0.2) is 24.3 Å². The first kappa shape index (κ1) is 13.8. The summed E-state index contributed by atoms with van der Waals surface area (Å²) in [5.74, 6) is 1.91. The molecule has 0 fully saturated rings. The van der Waals surface area contributed by atoms with Crippen molar-refractivity contribution in [1.29, 1.82) is 0 Å². The number of nitrogens with one attached hydrogen (secondary N) is 1. The van der Waals surface area contributed by atoms with Crippen LogP contribution in [0.25, 0.3) is 11.4 Å². The normalized spacial score (nSPS) is 10.8. The minimum Gasteiger partial charge on any atom is -0.373 e. The van der Waals surface area contributed by atoms with E-state index in [4.69, 9.17) is 11.6 Å². The zero-order chi connectivity index (χ0) is 14.0.